The number of hydrogen-bond donors (Lipinski definition) is 1. The molecule has 1 amide bonds. The van der Waals surface area contributed by atoms with Crippen LogP contribution in [0.2, 0.25) is 0 Å². The predicted octanol–water partition coefficient (Wildman–Crippen LogP) is 4.73. The van der Waals surface area contributed by atoms with Crippen molar-refractivity contribution in [3.8, 4) is 16.9 Å². The van der Waals surface area contributed by atoms with E-state index in [0.717, 1.165) is 16.8 Å². The fourth-order valence-corrected chi connectivity index (χ4v) is 3.08. The Bertz CT molecular complexity index is 1220. The highest BCUT2D eigenvalue weighted by atomic mass is 16.5. The molecular formula is C26H21N3O3. The summed E-state index contributed by atoms with van der Waals surface area (Å²) in [4.78, 5) is 24.4. The van der Waals surface area contributed by atoms with Gasteiger partial charge in [-0.3, -0.25) is 4.79 Å². The van der Waals surface area contributed by atoms with Crippen molar-refractivity contribution >= 4 is 23.8 Å². The van der Waals surface area contributed by atoms with E-state index in [2.05, 4.69) is 10.4 Å². The average molecular weight is 423 g/mol. The van der Waals surface area contributed by atoms with Crippen molar-refractivity contribution < 1.29 is 14.3 Å². The largest absolute Gasteiger partial charge is 0.452 e. The summed E-state index contributed by atoms with van der Waals surface area (Å²) < 4.78 is 6.72. The number of carbonyl (C=O) groups excluding carboxylic acids is 2. The zero-order valence-electron chi connectivity index (χ0n) is 17.2. The van der Waals surface area contributed by atoms with Gasteiger partial charge in [-0.25, -0.2) is 9.48 Å². The van der Waals surface area contributed by atoms with E-state index in [-0.39, 0.29) is 0 Å². The molecule has 0 spiro atoms. The molecule has 6 nitrogen and oxygen atoms in total. The van der Waals surface area contributed by atoms with Gasteiger partial charge in [0, 0.05) is 17.7 Å². The van der Waals surface area contributed by atoms with Gasteiger partial charge in [-0.1, -0.05) is 78.9 Å². The van der Waals surface area contributed by atoms with Crippen molar-refractivity contribution in [3.63, 3.8) is 0 Å². The van der Waals surface area contributed by atoms with Gasteiger partial charge < -0.3 is 10.1 Å². The van der Waals surface area contributed by atoms with E-state index in [1.165, 1.54) is 6.08 Å². The minimum atomic E-state index is -0.592. The summed E-state index contributed by atoms with van der Waals surface area (Å²) in [6.07, 6.45) is 2.93. The molecule has 158 valence electrons. The third-order valence-electron chi connectivity index (χ3n) is 4.60. The van der Waals surface area contributed by atoms with E-state index < -0.39 is 18.5 Å². The van der Waals surface area contributed by atoms with E-state index in [1.807, 2.05) is 91.0 Å². The third-order valence-corrected chi connectivity index (χ3v) is 4.60. The second-order valence-electron chi connectivity index (χ2n) is 6.93. The Kier molecular flexibility index (Phi) is 6.53. The highest BCUT2D eigenvalue weighted by Gasteiger charge is 2.14. The predicted molar refractivity (Wildman–Crippen MR) is 124 cm³/mol. The van der Waals surface area contributed by atoms with Gasteiger partial charge in [-0.15, -0.1) is 0 Å². The van der Waals surface area contributed by atoms with Crippen molar-refractivity contribution in [2.45, 2.75) is 0 Å². The van der Waals surface area contributed by atoms with Gasteiger partial charge in [0.25, 0.3) is 5.91 Å². The summed E-state index contributed by atoms with van der Waals surface area (Å²) >= 11 is 0. The lowest BCUT2D eigenvalue weighted by Gasteiger charge is -2.08. The molecule has 1 heterocycles. The first kappa shape index (κ1) is 20.8. The van der Waals surface area contributed by atoms with Crippen molar-refractivity contribution in [2.75, 3.05) is 11.9 Å². The number of rotatable bonds is 7. The van der Waals surface area contributed by atoms with Gasteiger partial charge in [0.15, 0.2) is 6.61 Å². The maximum atomic E-state index is 12.5. The van der Waals surface area contributed by atoms with E-state index in [9.17, 15) is 9.59 Å². The zero-order valence-corrected chi connectivity index (χ0v) is 17.2. The molecule has 4 aromatic rings. The molecule has 0 saturated heterocycles. The molecule has 32 heavy (non-hydrogen) atoms. The molecule has 4 rings (SSSR count). The number of amides is 1. The normalized spacial score (nSPS) is 10.8. The SMILES string of the molecule is O=C(COC(=O)/C=C/c1ccccc1)Nc1cc(-c2ccccc2)nn1-c1ccccc1. The maximum Gasteiger partial charge on any atom is 0.331 e. The number of carbonyl (C=O) groups is 2. The molecule has 1 N–H and O–H groups in total. The van der Waals surface area contributed by atoms with Crippen molar-refractivity contribution in [3.05, 3.63) is 109 Å². The van der Waals surface area contributed by atoms with Gasteiger partial charge >= 0.3 is 5.97 Å². The number of nitrogens with zero attached hydrogens (tertiary/aromatic N) is 2. The van der Waals surface area contributed by atoms with Crippen LogP contribution in [0.15, 0.2) is 103 Å². The molecule has 0 unspecified atom stereocenters. The molecule has 0 aliphatic rings. The highest BCUT2D eigenvalue weighted by molar-refractivity contribution is 5.94. The summed E-state index contributed by atoms with van der Waals surface area (Å²) in [6.45, 7) is -0.404. The topological polar surface area (TPSA) is 73.2 Å². The van der Waals surface area contributed by atoms with Gasteiger partial charge in [-0.2, -0.15) is 5.10 Å². The third kappa shape index (κ3) is 5.37. The van der Waals surface area contributed by atoms with Crippen LogP contribution in [0, 0.1) is 0 Å². The Morgan fingerprint density at radius 2 is 1.50 bits per heavy atom. The minimum absolute atomic E-state index is 0.404. The molecule has 0 fully saturated rings. The lowest BCUT2D eigenvalue weighted by molar-refractivity contribution is -0.142. The van der Waals surface area contributed by atoms with Gasteiger partial charge in [0.05, 0.1) is 11.4 Å². The zero-order chi connectivity index (χ0) is 22.2. The molecule has 0 bridgehead atoms. The van der Waals surface area contributed by atoms with Gasteiger partial charge in [0.2, 0.25) is 0 Å². The van der Waals surface area contributed by atoms with E-state index >= 15 is 0 Å². The lowest BCUT2D eigenvalue weighted by atomic mass is 10.2. The molecular weight excluding hydrogens is 402 g/mol. The first-order valence-corrected chi connectivity index (χ1v) is 10.1. The standard InChI is InChI=1S/C26H21N3O3/c30-25(19-32-26(31)17-16-20-10-4-1-5-11-20)27-24-18-23(21-12-6-2-7-13-21)28-29(24)22-14-8-3-9-15-22/h1-18H,19H2,(H,27,30)/b17-16+. The number of esters is 1. The maximum absolute atomic E-state index is 12.5. The number of nitrogens with one attached hydrogen (secondary N) is 1. The number of aromatic nitrogens is 2. The summed E-state index contributed by atoms with van der Waals surface area (Å²) in [5.74, 6) is -0.565. The Morgan fingerprint density at radius 3 is 2.19 bits per heavy atom. The molecule has 0 aliphatic heterocycles. The van der Waals surface area contributed by atoms with E-state index in [1.54, 1.807) is 16.8 Å². The quantitative estimate of drug-likeness (QED) is 0.344. The smallest absolute Gasteiger partial charge is 0.331 e. The molecule has 0 aliphatic carbocycles. The first-order valence-electron chi connectivity index (χ1n) is 10.1. The summed E-state index contributed by atoms with van der Waals surface area (Å²) in [6, 6.07) is 30.3. The summed E-state index contributed by atoms with van der Waals surface area (Å²) in [5, 5.41) is 7.43. The first-order chi connectivity index (χ1) is 15.7. The second-order valence-corrected chi connectivity index (χ2v) is 6.93. The Hall–Kier alpha value is -4.45. The van der Waals surface area contributed by atoms with E-state index in [0.29, 0.717) is 11.5 Å². The fourth-order valence-electron chi connectivity index (χ4n) is 3.08. The van der Waals surface area contributed by atoms with Crippen LogP contribution < -0.4 is 5.32 Å². The van der Waals surface area contributed by atoms with Crippen LogP contribution in [0.3, 0.4) is 0 Å². The Morgan fingerprint density at radius 1 is 0.875 bits per heavy atom. The van der Waals surface area contributed by atoms with Crippen molar-refractivity contribution in [1.29, 1.82) is 0 Å². The highest BCUT2D eigenvalue weighted by Crippen LogP contribution is 2.24. The molecule has 6 heteroatoms. The van der Waals surface area contributed by atoms with Gasteiger partial charge in [-0.05, 0) is 23.8 Å². The fraction of sp³-hybridized carbons (Fsp3) is 0.0385. The van der Waals surface area contributed by atoms with E-state index in [4.69, 9.17) is 4.74 Å². The number of benzene rings is 3. The van der Waals surface area contributed by atoms with Crippen LogP contribution in [-0.2, 0) is 14.3 Å². The number of ether oxygens (including phenoxy) is 1. The van der Waals surface area contributed by atoms with Crippen molar-refractivity contribution in [1.82, 2.24) is 9.78 Å². The lowest BCUT2D eigenvalue weighted by Crippen LogP contribution is -2.21. The van der Waals surface area contributed by atoms with Crippen LogP contribution in [0.1, 0.15) is 5.56 Å². The van der Waals surface area contributed by atoms with Crippen LogP contribution in [-0.4, -0.2) is 28.3 Å². The van der Waals surface area contributed by atoms with Crippen LogP contribution in [0.5, 0.6) is 0 Å². The van der Waals surface area contributed by atoms with Crippen LogP contribution in [0.25, 0.3) is 23.0 Å². The molecule has 0 atom stereocenters. The minimum Gasteiger partial charge on any atom is -0.452 e. The number of para-hydroxylation sites is 1. The second kappa shape index (κ2) is 10.0. The van der Waals surface area contributed by atoms with Gasteiger partial charge in [0.1, 0.15) is 5.82 Å². The van der Waals surface area contributed by atoms with Crippen molar-refractivity contribution in [2.24, 2.45) is 0 Å². The molecule has 1 aromatic heterocycles. The van der Waals surface area contributed by atoms with Crippen LogP contribution >= 0.6 is 0 Å². The summed E-state index contributed by atoms with van der Waals surface area (Å²) in [7, 11) is 0. The molecule has 3 aromatic carbocycles. The Labute approximate surface area is 185 Å². The number of anilines is 1. The summed E-state index contributed by atoms with van der Waals surface area (Å²) in [5.41, 5.74) is 3.31. The number of hydrogen-bond acceptors (Lipinski definition) is 4. The monoisotopic (exact) mass is 423 g/mol. The Balaban J connectivity index is 1.45. The van der Waals surface area contributed by atoms with Crippen LogP contribution in [0.4, 0.5) is 5.82 Å². The average Bonchev–Trinajstić information content (AvgIpc) is 3.27. The molecule has 0 radical (unpaired) electrons. The molecule has 0 saturated carbocycles.